The van der Waals surface area contributed by atoms with Gasteiger partial charge in [-0.1, -0.05) is 38.1 Å². The van der Waals surface area contributed by atoms with Crippen molar-refractivity contribution in [3.05, 3.63) is 65.0 Å². The SMILES string of the molecule is Cc1cc(OCC(O)c2ccc(C(C)C)cc2)ccc1F. The number of aliphatic hydroxyl groups is 1. The van der Waals surface area contributed by atoms with E-state index in [4.69, 9.17) is 4.74 Å². The lowest BCUT2D eigenvalue weighted by Crippen LogP contribution is -2.10. The third-order valence-electron chi connectivity index (χ3n) is 3.53. The van der Waals surface area contributed by atoms with E-state index in [0.717, 1.165) is 5.56 Å². The molecular weight excluding hydrogens is 267 g/mol. The fourth-order valence-electron chi connectivity index (χ4n) is 2.08. The summed E-state index contributed by atoms with van der Waals surface area (Å²) in [7, 11) is 0. The van der Waals surface area contributed by atoms with Gasteiger partial charge in [0.2, 0.25) is 0 Å². The van der Waals surface area contributed by atoms with Gasteiger partial charge in [0.25, 0.3) is 0 Å². The maximum Gasteiger partial charge on any atom is 0.126 e. The first-order valence-corrected chi connectivity index (χ1v) is 7.14. The number of ether oxygens (including phenoxy) is 1. The minimum absolute atomic E-state index is 0.145. The Morgan fingerprint density at radius 1 is 1.05 bits per heavy atom. The summed E-state index contributed by atoms with van der Waals surface area (Å²) in [4.78, 5) is 0. The van der Waals surface area contributed by atoms with Crippen molar-refractivity contribution < 1.29 is 14.2 Å². The number of halogens is 1. The Kier molecular flexibility index (Phi) is 4.97. The van der Waals surface area contributed by atoms with Crippen molar-refractivity contribution in [2.45, 2.75) is 32.8 Å². The van der Waals surface area contributed by atoms with E-state index >= 15 is 0 Å². The van der Waals surface area contributed by atoms with Gasteiger partial charge in [-0.05, 0) is 47.7 Å². The zero-order chi connectivity index (χ0) is 15.4. The molecule has 0 radical (unpaired) electrons. The average Bonchev–Trinajstić information content (AvgIpc) is 2.48. The molecule has 2 rings (SSSR count). The second-order valence-corrected chi connectivity index (χ2v) is 5.56. The van der Waals surface area contributed by atoms with Gasteiger partial charge in [0.1, 0.15) is 24.3 Å². The molecule has 1 atom stereocenters. The zero-order valence-electron chi connectivity index (χ0n) is 12.6. The summed E-state index contributed by atoms with van der Waals surface area (Å²) in [5.41, 5.74) is 2.59. The predicted octanol–water partition coefficient (Wildman–Crippen LogP) is 4.37. The second kappa shape index (κ2) is 6.72. The van der Waals surface area contributed by atoms with Gasteiger partial charge in [-0.2, -0.15) is 0 Å². The van der Waals surface area contributed by atoms with Crippen LogP contribution in [0.2, 0.25) is 0 Å². The van der Waals surface area contributed by atoms with Gasteiger partial charge in [0.15, 0.2) is 0 Å². The summed E-state index contributed by atoms with van der Waals surface area (Å²) in [6.07, 6.45) is -0.698. The molecular formula is C18H21FO2. The Balaban J connectivity index is 1.97. The highest BCUT2D eigenvalue weighted by atomic mass is 19.1. The van der Waals surface area contributed by atoms with E-state index in [1.165, 1.54) is 11.6 Å². The molecule has 2 aromatic carbocycles. The summed E-state index contributed by atoms with van der Waals surface area (Å²) in [5.74, 6) is 0.772. The normalized spacial score (nSPS) is 12.5. The van der Waals surface area contributed by atoms with E-state index in [1.807, 2.05) is 24.3 Å². The van der Waals surface area contributed by atoms with E-state index in [9.17, 15) is 9.50 Å². The van der Waals surface area contributed by atoms with Crippen molar-refractivity contribution in [1.82, 2.24) is 0 Å². The lowest BCUT2D eigenvalue weighted by atomic mass is 10.0. The van der Waals surface area contributed by atoms with Gasteiger partial charge in [0.05, 0.1) is 0 Å². The maximum absolute atomic E-state index is 13.2. The molecule has 0 aliphatic rings. The second-order valence-electron chi connectivity index (χ2n) is 5.56. The van der Waals surface area contributed by atoms with E-state index in [0.29, 0.717) is 17.2 Å². The summed E-state index contributed by atoms with van der Waals surface area (Å²) in [5, 5.41) is 10.1. The molecule has 0 amide bonds. The van der Waals surface area contributed by atoms with E-state index < -0.39 is 6.10 Å². The Morgan fingerprint density at radius 3 is 2.24 bits per heavy atom. The summed E-state index contributed by atoms with van der Waals surface area (Å²) in [6.45, 7) is 6.09. The first kappa shape index (κ1) is 15.5. The van der Waals surface area contributed by atoms with Crippen LogP contribution >= 0.6 is 0 Å². The molecule has 0 heterocycles. The van der Waals surface area contributed by atoms with Crippen LogP contribution in [0.4, 0.5) is 4.39 Å². The molecule has 0 saturated carbocycles. The van der Waals surface area contributed by atoms with Crippen molar-refractivity contribution in [3.8, 4) is 5.75 Å². The van der Waals surface area contributed by atoms with Crippen LogP contribution in [-0.2, 0) is 0 Å². The summed E-state index contributed by atoms with van der Waals surface area (Å²) >= 11 is 0. The molecule has 2 aromatic rings. The molecule has 0 fully saturated rings. The van der Waals surface area contributed by atoms with Crippen molar-refractivity contribution in [3.63, 3.8) is 0 Å². The number of benzene rings is 2. The van der Waals surface area contributed by atoms with Gasteiger partial charge in [-0.25, -0.2) is 4.39 Å². The van der Waals surface area contributed by atoms with Crippen molar-refractivity contribution in [2.24, 2.45) is 0 Å². The molecule has 0 saturated heterocycles. The minimum atomic E-state index is -0.698. The van der Waals surface area contributed by atoms with Crippen LogP contribution in [0.5, 0.6) is 5.75 Å². The highest BCUT2D eigenvalue weighted by Crippen LogP contribution is 2.21. The van der Waals surface area contributed by atoms with Gasteiger partial charge in [0, 0.05) is 0 Å². The highest BCUT2D eigenvalue weighted by Gasteiger charge is 2.10. The number of hydrogen-bond acceptors (Lipinski definition) is 2. The fraction of sp³-hybridized carbons (Fsp3) is 0.333. The maximum atomic E-state index is 13.2. The van der Waals surface area contributed by atoms with Gasteiger partial charge >= 0.3 is 0 Å². The Bertz CT molecular complexity index is 591. The van der Waals surface area contributed by atoms with E-state index in [-0.39, 0.29) is 12.4 Å². The fourth-order valence-corrected chi connectivity index (χ4v) is 2.08. The van der Waals surface area contributed by atoms with Crippen molar-refractivity contribution in [1.29, 1.82) is 0 Å². The molecule has 112 valence electrons. The largest absolute Gasteiger partial charge is 0.491 e. The van der Waals surface area contributed by atoms with Gasteiger partial charge in [-0.15, -0.1) is 0 Å². The topological polar surface area (TPSA) is 29.5 Å². The van der Waals surface area contributed by atoms with Gasteiger partial charge < -0.3 is 9.84 Å². The molecule has 21 heavy (non-hydrogen) atoms. The van der Waals surface area contributed by atoms with Crippen LogP contribution in [0.3, 0.4) is 0 Å². The number of hydrogen-bond donors (Lipinski definition) is 1. The smallest absolute Gasteiger partial charge is 0.126 e. The number of rotatable bonds is 5. The zero-order valence-corrected chi connectivity index (χ0v) is 12.6. The Labute approximate surface area is 125 Å². The van der Waals surface area contributed by atoms with Crippen LogP contribution in [0.1, 0.15) is 42.6 Å². The molecule has 2 nitrogen and oxygen atoms in total. The summed E-state index contributed by atoms with van der Waals surface area (Å²) in [6, 6.07) is 12.4. The van der Waals surface area contributed by atoms with Crippen LogP contribution < -0.4 is 4.74 Å². The Hall–Kier alpha value is -1.87. The van der Waals surface area contributed by atoms with Crippen LogP contribution in [-0.4, -0.2) is 11.7 Å². The lowest BCUT2D eigenvalue weighted by molar-refractivity contribution is 0.108. The molecule has 0 spiro atoms. The third-order valence-corrected chi connectivity index (χ3v) is 3.53. The quantitative estimate of drug-likeness (QED) is 0.885. The van der Waals surface area contributed by atoms with Gasteiger partial charge in [-0.3, -0.25) is 0 Å². The molecule has 1 N–H and O–H groups in total. The standard InChI is InChI=1S/C18H21FO2/c1-12(2)14-4-6-15(7-5-14)18(20)11-21-16-8-9-17(19)13(3)10-16/h4-10,12,18,20H,11H2,1-3H3. The summed E-state index contributed by atoms with van der Waals surface area (Å²) < 4.78 is 18.7. The molecule has 0 aliphatic heterocycles. The third kappa shape index (κ3) is 4.05. The first-order chi connectivity index (χ1) is 9.97. The molecule has 0 aliphatic carbocycles. The predicted molar refractivity (Wildman–Crippen MR) is 82.1 cm³/mol. The van der Waals surface area contributed by atoms with E-state index in [2.05, 4.69) is 13.8 Å². The Morgan fingerprint density at radius 2 is 1.67 bits per heavy atom. The highest BCUT2D eigenvalue weighted by molar-refractivity contribution is 5.29. The monoisotopic (exact) mass is 288 g/mol. The van der Waals surface area contributed by atoms with E-state index in [1.54, 1.807) is 19.1 Å². The van der Waals surface area contributed by atoms with Crippen molar-refractivity contribution >= 4 is 0 Å². The first-order valence-electron chi connectivity index (χ1n) is 7.14. The van der Waals surface area contributed by atoms with Crippen LogP contribution in [0.25, 0.3) is 0 Å². The van der Waals surface area contributed by atoms with Crippen LogP contribution in [0, 0.1) is 12.7 Å². The minimum Gasteiger partial charge on any atom is -0.491 e. The molecule has 0 aromatic heterocycles. The lowest BCUT2D eigenvalue weighted by Gasteiger charge is -2.14. The molecule has 3 heteroatoms. The molecule has 1 unspecified atom stereocenters. The van der Waals surface area contributed by atoms with Crippen molar-refractivity contribution in [2.75, 3.05) is 6.61 Å². The number of aryl methyl sites for hydroxylation is 1. The van der Waals surface area contributed by atoms with Crippen LogP contribution in [0.15, 0.2) is 42.5 Å². The number of aliphatic hydroxyl groups excluding tert-OH is 1. The molecule has 0 bridgehead atoms. The average molecular weight is 288 g/mol.